The number of amides is 1. The number of carbonyl (C=O) groups excluding carboxylic acids is 1. The summed E-state index contributed by atoms with van der Waals surface area (Å²) in [7, 11) is -3.52. The van der Waals surface area contributed by atoms with Gasteiger partial charge in [0.05, 0.1) is 4.90 Å². The van der Waals surface area contributed by atoms with E-state index in [1.807, 2.05) is 20.1 Å². The average Bonchev–Trinajstić information content (AvgIpc) is 3.18. The van der Waals surface area contributed by atoms with Crippen LogP contribution in [0.3, 0.4) is 0 Å². The van der Waals surface area contributed by atoms with Crippen molar-refractivity contribution in [3.05, 3.63) is 41.2 Å². The highest BCUT2D eigenvalue weighted by Gasteiger charge is 2.21. The first-order valence-corrected chi connectivity index (χ1v) is 13.0. The van der Waals surface area contributed by atoms with E-state index in [1.54, 1.807) is 30.5 Å². The molecule has 1 N–H and O–H groups in total. The number of benzene rings is 1. The van der Waals surface area contributed by atoms with Crippen LogP contribution < -0.4 is 5.32 Å². The van der Waals surface area contributed by atoms with E-state index < -0.39 is 10.0 Å². The highest BCUT2D eigenvalue weighted by atomic mass is 32.2. The van der Waals surface area contributed by atoms with Crippen LogP contribution in [0.2, 0.25) is 0 Å². The Bertz CT molecular complexity index is 1220. The van der Waals surface area contributed by atoms with E-state index in [1.165, 1.54) is 28.2 Å². The number of hydrogen-bond donors (Lipinski definition) is 1. The third-order valence-corrected chi connectivity index (χ3v) is 7.90. The molecular formula is C21H28N6O3S2. The van der Waals surface area contributed by atoms with Gasteiger partial charge < -0.3 is 5.32 Å². The molecule has 0 aliphatic rings. The molecular weight excluding hydrogens is 448 g/mol. The summed E-state index contributed by atoms with van der Waals surface area (Å²) < 4.78 is 28.3. The van der Waals surface area contributed by atoms with Gasteiger partial charge in [0.1, 0.15) is 0 Å². The predicted molar refractivity (Wildman–Crippen MR) is 126 cm³/mol. The van der Waals surface area contributed by atoms with E-state index in [2.05, 4.69) is 20.4 Å². The first-order chi connectivity index (χ1) is 15.2. The van der Waals surface area contributed by atoms with E-state index in [0.29, 0.717) is 36.1 Å². The molecule has 1 amide bonds. The Kier molecular flexibility index (Phi) is 7.52. The van der Waals surface area contributed by atoms with Crippen molar-refractivity contribution in [2.24, 2.45) is 0 Å². The van der Waals surface area contributed by atoms with E-state index in [4.69, 9.17) is 0 Å². The maximum atomic E-state index is 12.6. The van der Waals surface area contributed by atoms with Crippen LogP contribution in [0, 0.1) is 13.8 Å². The number of aryl methyl sites for hydroxylation is 2. The van der Waals surface area contributed by atoms with Crippen LogP contribution in [0.5, 0.6) is 0 Å². The van der Waals surface area contributed by atoms with E-state index in [0.717, 1.165) is 17.0 Å². The number of thioether (sulfide) groups is 1. The van der Waals surface area contributed by atoms with Crippen molar-refractivity contribution in [3.8, 4) is 0 Å². The topological polar surface area (TPSA) is 110 Å². The number of carbonyl (C=O) groups is 1. The number of rotatable bonds is 9. The smallest absolute Gasteiger partial charge is 0.253 e. The fourth-order valence-corrected chi connectivity index (χ4v) is 5.32. The minimum Gasteiger partial charge on any atom is -0.326 e. The van der Waals surface area contributed by atoms with Crippen LogP contribution in [-0.4, -0.2) is 57.6 Å². The summed E-state index contributed by atoms with van der Waals surface area (Å²) in [5, 5.41) is 7.92. The second kappa shape index (κ2) is 9.97. The number of anilines is 1. The molecule has 9 nitrogen and oxygen atoms in total. The zero-order valence-electron chi connectivity index (χ0n) is 18.9. The number of aromatic nitrogens is 4. The fourth-order valence-electron chi connectivity index (χ4n) is 3.52. The first kappa shape index (κ1) is 24.1. The van der Waals surface area contributed by atoms with Crippen LogP contribution in [0.4, 0.5) is 5.69 Å². The second-order valence-corrected chi connectivity index (χ2v) is 9.94. The summed E-state index contributed by atoms with van der Waals surface area (Å²) in [6, 6.07) is 6.25. The van der Waals surface area contributed by atoms with Crippen LogP contribution >= 0.6 is 11.8 Å². The number of hydrogen-bond acceptors (Lipinski definition) is 7. The van der Waals surface area contributed by atoms with E-state index in [-0.39, 0.29) is 17.2 Å². The third-order valence-electron chi connectivity index (χ3n) is 5.30. The summed E-state index contributed by atoms with van der Waals surface area (Å²) in [6.45, 7) is 8.27. The maximum absolute atomic E-state index is 12.6. The number of nitrogens with one attached hydrogen (secondary N) is 1. The molecule has 2 heterocycles. The minimum atomic E-state index is -3.52. The molecule has 0 aliphatic carbocycles. The van der Waals surface area contributed by atoms with Gasteiger partial charge in [-0.05, 0) is 56.4 Å². The molecule has 0 radical (unpaired) electrons. The van der Waals surface area contributed by atoms with Crippen molar-refractivity contribution < 1.29 is 13.2 Å². The lowest BCUT2D eigenvalue weighted by atomic mass is 10.1. The lowest BCUT2D eigenvalue weighted by molar-refractivity contribution is -0.116. The van der Waals surface area contributed by atoms with Gasteiger partial charge in [-0.3, -0.25) is 4.79 Å². The van der Waals surface area contributed by atoms with Gasteiger partial charge in [0, 0.05) is 36.6 Å². The Morgan fingerprint density at radius 2 is 1.78 bits per heavy atom. The fraction of sp³-hybridized carbons (Fsp3) is 0.429. The van der Waals surface area contributed by atoms with Gasteiger partial charge >= 0.3 is 0 Å². The summed E-state index contributed by atoms with van der Waals surface area (Å²) in [4.78, 5) is 21.6. The molecule has 3 aromatic rings. The zero-order chi connectivity index (χ0) is 23.5. The Morgan fingerprint density at radius 3 is 2.38 bits per heavy atom. The van der Waals surface area contributed by atoms with Crippen LogP contribution in [0.15, 0.2) is 34.3 Å². The molecule has 3 rings (SSSR count). The molecule has 2 aromatic heterocycles. The minimum absolute atomic E-state index is 0.161. The molecule has 0 bridgehead atoms. The van der Waals surface area contributed by atoms with E-state index in [9.17, 15) is 13.2 Å². The largest absolute Gasteiger partial charge is 0.326 e. The maximum Gasteiger partial charge on any atom is 0.253 e. The van der Waals surface area contributed by atoms with Crippen LogP contribution in [0.1, 0.15) is 37.2 Å². The number of nitrogens with zero attached hydrogens (tertiary/aromatic N) is 5. The Hall–Kier alpha value is -2.50. The predicted octanol–water partition coefficient (Wildman–Crippen LogP) is 3.06. The van der Waals surface area contributed by atoms with Crippen molar-refractivity contribution in [3.63, 3.8) is 0 Å². The molecule has 0 saturated carbocycles. The van der Waals surface area contributed by atoms with Gasteiger partial charge in [-0.15, -0.1) is 5.10 Å². The van der Waals surface area contributed by atoms with Gasteiger partial charge in [-0.1, -0.05) is 25.6 Å². The summed E-state index contributed by atoms with van der Waals surface area (Å²) in [6.07, 6.45) is 2.68. The van der Waals surface area contributed by atoms with Gasteiger partial charge in [0.25, 0.3) is 5.78 Å². The van der Waals surface area contributed by atoms with Gasteiger partial charge in [0.2, 0.25) is 21.1 Å². The third kappa shape index (κ3) is 4.94. The molecule has 1 aromatic carbocycles. The van der Waals surface area contributed by atoms with Crippen molar-refractivity contribution in [1.82, 2.24) is 23.9 Å². The summed E-state index contributed by atoms with van der Waals surface area (Å²) in [5.74, 6) is 0.393. The second-order valence-electron chi connectivity index (χ2n) is 7.23. The summed E-state index contributed by atoms with van der Waals surface area (Å²) in [5.41, 5.74) is 3.26. The normalized spacial score (nSPS) is 11.9. The van der Waals surface area contributed by atoms with E-state index >= 15 is 0 Å². The highest BCUT2D eigenvalue weighted by molar-refractivity contribution is 7.98. The van der Waals surface area contributed by atoms with Crippen molar-refractivity contribution >= 4 is 39.2 Å². The molecule has 0 spiro atoms. The quantitative estimate of drug-likeness (QED) is 0.473. The monoisotopic (exact) mass is 476 g/mol. The molecule has 32 heavy (non-hydrogen) atoms. The molecule has 0 aliphatic heterocycles. The molecule has 0 unspecified atom stereocenters. The van der Waals surface area contributed by atoms with Gasteiger partial charge in [-0.2, -0.15) is 9.29 Å². The lowest BCUT2D eigenvalue weighted by Gasteiger charge is -2.18. The standard InChI is InChI=1S/C21H28N6O3S2/c1-6-26(7-2)32(29,30)17-10-8-16(9-11-17)23-19(28)13-12-18-14(3)22-20-24-21(31-5)25-27(20)15(18)4/h8-11H,6-7,12-13H2,1-5H3,(H,23,28). The Morgan fingerprint density at radius 1 is 1.12 bits per heavy atom. The highest BCUT2D eigenvalue weighted by Crippen LogP contribution is 2.20. The van der Waals surface area contributed by atoms with Crippen molar-refractivity contribution in [2.75, 3.05) is 24.7 Å². The number of fused-ring (bicyclic) bond motifs is 1. The average molecular weight is 477 g/mol. The molecule has 0 atom stereocenters. The van der Waals surface area contributed by atoms with Crippen LogP contribution in [0.25, 0.3) is 5.78 Å². The molecule has 0 saturated heterocycles. The van der Waals surface area contributed by atoms with Crippen molar-refractivity contribution in [2.45, 2.75) is 50.6 Å². The van der Waals surface area contributed by atoms with Crippen LogP contribution in [-0.2, 0) is 21.2 Å². The zero-order valence-corrected chi connectivity index (χ0v) is 20.5. The Labute approximate surface area is 192 Å². The Balaban J connectivity index is 1.68. The summed E-state index contributed by atoms with van der Waals surface area (Å²) >= 11 is 1.45. The van der Waals surface area contributed by atoms with Gasteiger partial charge in [0.15, 0.2) is 0 Å². The number of sulfonamides is 1. The first-order valence-electron chi connectivity index (χ1n) is 10.4. The molecule has 0 fully saturated rings. The SMILES string of the molecule is CCN(CC)S(=O)(=O)c1ccc(NC(=O)CCc2c(C)nc3nc(SC)nn3c2C)cc1. The van der Waals surface area contributed by atoms with Gasteiger partial charge in [-0.25, -0.2) is 17.9 Å². The molecule has 11 heteroatoms. The lowest BCUT2D eigenvalue weighted by Crippen LogP contribution is -2.30. The van der Waals surface area contributed by atoms with Crippen molar-refractivity contribution in [1.29, 1.82) is 0 Å². The molecule has 172 valence electrons.